The topological polar surface area (TPSA) is 49.4 Å². The van der Waals surface area contributed by atoms with Crippen LogP contribution in [0.15, 0.2) is 0 Å². The normalized spacial score (nSPS) is 20.5. The fourth-order valence-corrected chi connectivity index (χ4v) is 2.78. The molecule has 1 rings (SSSR count). The minimum absolute atomic E-state index is 0.101. The van der Waals surface area contributed by atoms with Crippen LogP contribution < -0.4 is 5.32 Å². The molecule has 0 aromatic carbocycles. The van der Waals surface area contributed by atoms with Crippen LogP contribution in [0.4, 0.5) is 0 Å². The molecular weight excluding hydrogens is 240 g/mol. The van der Waals surface area contributed by atoms with Gasteiger partial charge in [0.15, 0.2) is 0 Å². The van der Waals surface area contributed by atoms with E-state index in [1.54, 1.807) is 6.92 Å². The maximum atomic E-state index is 12.0. The van der Waals surface area contributed by atoms with Gasteiger partial charge in [0.05, 0.1) is 6.54 Å². The zero-order chi connectivity index (χ0) is 14.3. The SMILES string of the molecule is CCC(CC)NC(=O)CN1CCCCC1CC(C)=O. The second-order valence-electron chi connectivity index (χ2n) is 5.61. The molecule has 0 saturated carbocycles. The summed E-state index contributed by atoms with van der Waals surface area (Å²) < 4.78 is 0. The van der Waals surface area contributed by atoms with E-state index in [0.717, 1.165) is 32.2 Å². The Labute approximate surface area is 116 Å². The highest BCUT2D eigenvalue weighted by Gasteiger charge is 2.25. The molecule has 19 heavy (non-hydrogen) atoms. The summed E-state index contributed by atoms with van der Waals surface area (Å²) in [5, 5.41) is 3.07. The van der Waals surface area contributed by atoms with E-state index < -0.39 is 0 Å². The van der Waals surface area contributed by atoms with Gasteiger partial charge in [0.25, 0.3) is 0 Å². The number of Topliss-reactive ketones (excluding diaryl/α,β-unsaturated/α-hetero) is 1. The van der Waals surface area contributed by atoms with Gasteiger partial charge in [-0.25, -0.2) is 0 Å². The fraction of sp³-hybridized carbons (Fsp3) is 0.867. The average Bonchev–Trinajstić information content (AvgIpc) is 2.37. The Morgan fingerprint density at radius 1 is 1.26 bits per heavy atom. The van der Waals surface area contributed by atoms with Crippen molar-refractivity contribution < 1.29 is 9.59 Å². The van der Waals surface area contributed by atoms with Gasteiger partial charge in [-0.2, -0.15) is 0 Å². The molecule has 1 amide bonds. The van der Waals surface area contributed by atoms with Crippen molar-refractivity contribution in [1.29, 1.82) is 0 Å². The maximum absolute atomic E-state index is 12.0. The van der Waals surface area contributed by atoms with Gasteiger partial charge in [-0.05, 0) is 39.2 Å². The number of hydrogen-bond donors (Lipinski definition) is 1. The molecule has 1 fully saturated rings. The first kappa shape index (κ1) is 16.2. The summed E-state index contributed by atoms with van der Waals surface area (Å²) in [6.45, 7) is 7.20. The van der Waals surface area contributed by atoms with E-state index in [-0.39, 0.29) is 23.8 Å². The fourth-order valence-electron chi connectivity index (χ4n) is 2.78. The van der Waals surface area contributed by atoms with Gasteiger partial charge < -0.3 is 5.32 Å². The third kappa shape index (κ3) is 5.72. The molecule has 0 aromatic heterocycles. The van der Waals surface area contributed by atoms with E-state index in [2.05, 4.69) is 24.1 Å². The molecule has 0 aliphatic carbocycles. The predicted octanol–water partition coefficient (Wildman–Crippen LogP) is 2.12. The lowest BCUT2D eigenvalue weighted by Gasteiger charge is -2.35. The van der Waals surface area contributed by atoms with E-state index in [9.17, 15) is 9.59 Å². The van der Waals surface area contributed by atoms with Crippen LogP contribution in [0.1, 0.15) is 59.3 Å². The molecule has 110 valence electrons. The molecule has 4 nitrogen and oxygen atoms in total. The van der Waals surface area contributed by atoms with Gasteiger partial charge in [-0.15, -0.1) is 0 Å². The van der Waals surface area contributed by atoms with Crippen molar-refractivity contribution in [2.45, 2.75) is 71.4 Å². The Bertz CT molecular complexity index is 301. The van der Waals surface area contributed by atoms with Crippen LogP contribution in [0.2, 0.25) is 0 Å². The van der Waals surface area contributed by atoms with E-state index >= 15 is 0 Å². The third-order valence-corrected chi connectivity index (χ3v) is 3.97. The second-order valence-corrected chi connectivity index (χ2v) is 5.61. The highest BCUT2D eigenvalue weighted by molar-refractivity contribution is 5.79. The molecule has 1 aliphatic heterocycles. The zero-order valence-corrected chi connectivity index (χ0v) is 12.6. The minimum atomic E-state index is 0.101. The van der Waals surface area contributed by atoms with Gasteiger partial charge in [0.1, 0.15) is 5.78 Å². The Balaban J connectivity index is 2.47. The molecule has 1 heterocycles. The highest BCUT2D eigenvalue weighted by atomic mass is 16.2. The van der Waals surface area contributed by atoms with E-state index in [1.807, 2.05) is 0 Å². The molecule has 1 saturated heterocycles. The Morgan fingerprint density at radius 2 is 1.95 bits per heavy atom. The van der Waals surface area contributed by atoms with Crippen molar-refractivity contribution in [3.63, 3.8) is 0 Å². The van der Waals surface area contributed by atoms with Crippen LogP contribution in [0.3, 0.4) is 0 Å². The summed E-state index contributed by atoms with van der Waals surface area (Å²) in [7, 11) is 0. The van der Waals surface area contributed by atoms with Crippen LogP contribution in [0.25, 0.3) is 0 Å². The summed E-state index contributed by atoms with van der Waals surface area (Å²) in [6.07, 6.45) is 5.86. The Kier molecular flexibility index (Phi) is 7.06. The van der Waals surface area contributed by atoms with Crippen molar-refractivity contribution >= 4 is 11.7 Å². The summed E-state index contributed by atoms with van der Waals surface area (Å²) >= 11 is 0. The number of carbonyl (C=O) groups is 2. The van der Waals surface area contributed by atoms with Crippen LogP contribution in [0, 0.1) is 0 Å². The van der Waals surface area contributed by atoms with Gasteiger partial charge in [0, 0.05) is 18.5 Å². The number of rotatable bonds is 7. The lowest BCUT2D eigenvalue weighted by Crippen LogP contribution is -2.47. The van der Waals surface area contributed by atoms with Crippen LogP contribution in [0.5, 0.6) is 0 Å². The highest BCUT2D eigenvalue weighted by Crippen LogP contribution is 2.19. The summed E-state index contributed by atoms with van der Waals surface area (Å²) in [5.74, 6) is 0.321. The molecule has 1 aliphatic rings. The number of nitrogens with zero attached hydrogens (tertiary/aromatic N) is 1. The van der Waals surface area contributed by atoms with Gasteiger partial charge in [0.2, 0.25) is 5.91 Å². The number of ketones is 1. The maximum Gasteiger partial charge on any atom is 0.234 e. The first-order chi connectivity index (χ1) is 9.06. The van der Waals surface area contributed by atoms with E-state index in [4.69, 9.17) is 0 Å². The third-order valence-electron chi connectivity index (χ3n) is 3.97. The standard InChI is InChI=1S/C15H28N2O2/c1-4-13(5-2)16-15(19)11-17-9-7-6-8-14(17)10-12(3)18/h13-14H,4-11H2,1-3H3,(H,16,19). The number of piperidine rings is 1. The lowest BCUT2D eigenvalue weighted by molar-refractivity contribution is -0.125. The van der Waals surface area contributed by atoms with E-state index in [1.165, 1.54) is 6.42 Å². The molecule has 0 spiro atoms. The monoisotopic (exact) mass is 268 g/mol. The number of carbonyl (C=O) groups excluding carboxylic acids is 2. The van der Waals surface area contributed by atoms with Crippen LogP contribution in [-0.2, 0) is 9.59 Å². The first-order valence-corrected chi connectivity index (χ1v) is 7.59. The average molecular weight is 268 g/mol. The van der Waals surface area contributed by atoms with Gasteiger partial charge >= 0.3 is 0 Å². The molecule has 1 unspecified atom stereocenters. The Hall–Kier alpha value is -0.900. The van der Waals surface area contributed by atoms with Crippen LogP contribution >= 0.6 is 0 Å². The molecule has 0 aromatic rings. The molecule has 0 radical (unpaired) electrons. The van der Waals surface area contributed by atoms with Crippen molar-refractivity contribution in [3.8, 4) is 0 Å². The largest absolute Gasteiger partial charge is 0.352 e. The Morgan fingerprint density at radius 3 is 2.53 bits per heavy atom. The van der Waals surface area contributed by atoms with Crippen molar-refractivity contribution in [2.75, 3.05) is 13.1 Å². The van der Waals surface area contributed by atoms with Crippen molar-refractivity contribution in [1.82, 2.24) is 10.2 Å². The number of amides is 1. The molecule has 4 heteroatoms. The smallest absolute Gasteiger partial charge is 0.234 e. The summed E-state index contributed by atoms with van der Waals surface area (Å²) in [4.78, 5) is 25.5. The number of likely N-dealkylation sites (tertiary alicyclic amines) is 1. The minimum Gasteiger partial charge on any atom is -0.352 e. The lowest BCUT2D eigenvalue weighted by atomic mass is 9.98. The molecular formula is C15H28N2O2. The van der Waals surface area contributed by atoms with Crippen LogP contribution in [-0.4, -0.2) is 41.8 Å². The predicted molar refractivity (Wildman–Crippen MR) is 77.0 cm³/mol. The zero-order valence-electron chi connectivity index (χ0n) is 12.6. The first-order valence-electron chi connectivity index (χ1n) is 7.59. The molecule has 1 N–H and O–H groups in total. The molecule has 0 bridgehead atoms. The second kappa shape index (κ2) is 8.31. The number of hydrogen-bond acceptors (Lipinski definition) is 3. The van der Waals surface area contributed by atoms with Crippen molar-refractivity contribution in [3.05, 3.63) is 0 Å². The summed E-state index contributed by atoms with van der Waals surface area (Å²) in [6, 6.07) is 0.544. The van der Waals surface area contributed by atoms with Gasteiger partial charge in [-0.3, -0.25) is 14.5 Å². The number of nitrogens with one attached hydrogen (secondary N) is 1. The molecule has 1 atom stereocenters. The van der Waals surface area contributed by atoms with E-state index in [0.29, 0.717) is 13.0 Å². The quantitative estimate of drug-likeness (QED) is 0.769. The van der Waals surface area contributed by atoms with Gasteiger partial charge in [-0.1, -0.05) is 20.3 Å². The summed E-state index contributed by atoms with van der Waals surface area (Å²) in [5.41, 5.74) is 0. The van der Waals surface area contributed by atoms with Crippen molar-refractivity contribution in [2.24, 2.45) is 0 Å².